The number of hydrogen-bond acceptors (Lipinski definition) is 5. The van der Waals surface area contributed by atoms with Crippen LogP contribution < -0.4 is 10.2 Å². The largest absolute Gasteiger partial charge is 0.354 e. The molecule has 2 unspecified atom stereocenters. The predicted octanol–water partition coefficient (Wildman–Crippen LogP) is 2.43. The molecule has 0 aliphatic carbocycles. The molecule has 1 N–H and O–H groups in total. The molecule has 0 spiro atoms. The summed E-state index contributed by atoms with van der Waals surface area (Å²) in [5, 5.41) is 12.7. The minimum Gasteiger partial charge on any atom is -0.354 e. The number of aromatic nitrogens is 2. The Labute approximate surface area is 152 Å². The fourth-order valence-corrected chi connectivity index (χ4v) is 4.69. The van der Waals surface area contributed by atoms with Gasteiger partial charge < -0.3 is 15.1 Å². The van der Waals surface area contributed by atoms with Crippen molar-refractivity contribution in [1.29, 1.82) is 0 Å². The smallest absolute Gasteiger partial charge is 0.151 e. The molecule has 2 atom stereocenters. The first-order valence-corrected chi connectivity index (χ1v) is 9.94. The molecule has 0 amide bonds. The first-order valence-electron chi connectivity index (χ1n) is 9.94. The van der Waals surface area contributed by atoms with Crippen LogP contribution in [0.25, 0.3) is 0 Å². The SMILES string of the molecule is CN1C2CCC1CC(NCC1CN(c3ccc(C(C)(C)C)nn3)C1)C2. The first-order chi connectivity index (χ1) is 11.9. The highest BCUT2D eigenvalue weighted by molar-refractivity contribution is 5.41. The van der Waals surface area contributed by atoms with Crippen molar-refractivity contribution in [3.8, 4) is 0 Å². The second kappa shape index (κ2) is 6.51. The normalized spacial score (nSPS) is 30.6. The van der Waals surface area contributed by atoms with E-state index in [0.717, 1.165) is 55.2 Å². The van der Waals surface area contributed by atoms with Gasteiger partial charge in [-0.25, -0.2) is 0 Å². The molecule has 3 aliphatic rings. The number of anilines is 1. The molecule has 3 saturated heterocycles. The van der Waals surface area contributed by atoms with E-state index in [0.29, 0.717) is 0 Å². The van der Waals surface area contributed by atoms with Crippen LogP contribution in [0.1, 0.15) is 52.1 Å². The minimum absolute atomic E-state index is 0.0699. The third-order valence-corrected chi connectivity index (χ3v) is 6.49. The Morgan fingerprint density at radius 3 is 2.32 bits per heavy atom. The highest BCUT2D eigenvalue weighted by atomic mass is 15.3. The molecule has 5 nitrogen and oxygen atoms in total. The van der Waals surface area contributed by atoms with Gasteiger partial charge in [-0.05, 0) is 44.9 Å². The molecule has 4 rings (SSSR count). The maximum Gasteiger partial charge on any atom is 0.151 e. The zero-order chi connectivity index (χ0) is 17.6. The van der Waals surface area contributed by atoms with Crippen LogP contribution in [0.5, 0.6) is 0 Å². The Morgan fingerprint density at radius 2 is 1.76 bits per heavy atom. The van der Waals surface area contributed by atoms with Gasteiger partial charge in [0.15, 0.2) is 5.82 Å². The number of nitrogens with zero attached hydrogens (tertiary/aromatic N) is 4. The van der Waals surface area contributed by atoms with Crippen LogP contribution in [0.3, 0.4) is 0 Å². The van der Waals surface area contributed by atoms with Gasteiger partial charge in [0.2, 0.25) is 0 Å². The fourth-order valence-electron chi connectivity index (χ4n) is 4.69. The van der Waals surface area contributed by atoms with E-state index in [2.05, 4.69) is 65.3 Å². The van der Waals surface area contributed by atoms with E-state index in [9.17, 15) is 0 Å². The van der Waals surface area contributed by atoms with Gasteiger partial charge in [0, 0.05) is 49.1 Å². The topological polar surface area (TPSA) is 44.3 Å². The lowest BCUT2D eigenvalue weighted by Gasteiger charge is -2.42. The summed E-state index contributed by atoms with van der Waals surface area (Å²) in [7, 11) is 2.31. The lowest BCUT2D eigenvalue weighted by atomic mass is 9.92. The second-order valence-electron chi connectivity index (χ2n) is 9.42. The molecule has 0 saturated carbocycles. The molecule has 3 aliphatic heterocycles. The fraction of sp³-hybridized carbons (Fsp3) is 0.800. The summed E-state index contributed by atoms with van der Waals surface area (Å²) >= 11 is 0. The van der Waals surface area contributed by atoms with E-state index in [1.54, 1.807) is 0 Å². The van der Waals surface area contributed by atoms with Gasteiger partial charge in [0.25, 0.3) is 0 Å². The highest BCUT2D eigenvalue weighted by Gasteiger charge is 2.38. The minimum atomic E-state index is 0.0699. The third-order valence-electron chi connectivity index (χ3n) is 6.49. The van der Waals surface area contributed by atoms with Gasteiger partial charge in [-0.1, -0.05) is 20.8 Å². The molecule has 0 aromatic carbocycles. The number of piperidine rings is 1. The van der Waals surface area contributed by atoms with Crippen LogP contribution in [0, 0.1) is 5.92 Å². The molecule has 3 fully saturated rings. The first kappa shape index (κ1) is 17.2. The van der Waals surface area contributed by atoms with Crippen molar-refractivity contribution in [3.05, 3.63) is 17.8 Å². The molecule has 25 heavy (non-hydrogen) atoms. The van der Waals surface area contributed by atoms with Gasteiger partial charge in [0.1, 0.15) is 0 Å². The van der Waals surface area contributed by atoms with Crippen molar-refractivity contribution in [3.63, 3.8) is 0 Å². The maximum absolute atomic E-state index is 4.44. The van der Waals surface area contributed by atoms with E-state index in [1.807, 2.05) is 0 Å². The number of hydrogen-bond donors (Lipinski definition) is 1. The van der Waals surface area contributed by atoms with E-state index in [1.165, 1.54) is 25.7 Å². The van der Waals surface area contributed by atoms with E-state index >= 15 is 0 Å². The van der Waals surface area contributed by atoms with Crippen molar-refractivity contribution in [2.24, 2.45) is 5.92 Å². The van der Waals surface area contributed by atoms with Crippen LogP contribution in [0.4, 0.5) is 5.82 Å². The number of fused-ring (bicyclic) bond motifs is 2. The zero-order valence-corrected chi connectivity index (χ0v) is 16.2. The van der Waals surface area contributed by atoms with Gasteiger partial charge in [0.05, 0.1) is 5.69 Å². The number of rotatable bonds is 4. The Bertz CT molecular complexity index is 573. The van der Waals surface area contributed by atoms with Crippen molar-refractivity contribution < 1.29 is 0 Å². The van der Waals surface area contributed by atoms with Crippen LogP contribution in [-0.4, -0.2) is 59.9 Å². The summed E-state index contributed by atoms with van der Waals surface area (Å²) in [5.41, 5.74) is 1.13. The van der Waals surface area contributed by atoms with E-state index in [4.69, 9.17) is 0 Å². The van der Waals surface area contributed by atoms with Gasteiger partial charge in [-0.2, -0.15) is 5.10 Å². The standard InChI is InChI=1S/C20H33N5/c1-20(2,3)18-7-8-19(23-22-18)25-12-14(13-25)11-21-15-9-16-5-6-17(10-15)24(16)4/h7-8,14-17,21H,5-6,9-13H2,1-4H3. The van der Waals surface area contributed by atoms with Gasteiger partial charge in [-0.3, -0.25) is 0 Å². The summed E-state index contributed by atoms with van der Waals surface area (Å²) in [6.07, 6.45) is 5.48. The Balaban J connectivity index is 1.22. The molecular formula is C20H33N5. The average Bonchev–Trinajstić information content (AvgIpc) is 2.75. The summed E-state index contributed by atoms with van der Waals surface area (Å²) in [5.74, 6) is 1.78. The molecule has 1 aromatic heterocycles. The van der Waals surface area contributed by atoms with E-state index < -0.39 is 0 Å². The summed E-state index contributed by atoms with van der Waals surface area (Å²) in [4.78, 5) is 4.97. The third kappa shape index (κ3) is 3.54. The second-order valence-corrected chi connectivity index (χ2v) is 9.42. The molecular weight excluding hydrogens is 310 g/mol. The summed E-state index contributed by atoms with van der Waals surface area (Å²) < 4.78 is 0. The Kier molecular flexibility index (Phi) is 4.49. The Morgan fingerprint density at radius 1 is 1.08 bits per heavy atom. The monoisotopic (exact) mass is 343 g/mol. The van der Waals surface area contributed by atoms with Gasteiger partial charge >= 0.3 is 0 Å². The summed E-state index contributed by atoms with van der Waals surface area (Å²) in [6.45, 7) is 9.90. The molecule has 138 valence electrons. The van der Waals surface area contributed by atoms with E-state index in [-0.39, 0.29) is 5.41 Å². The van der Waals surface area contributed by atoms with Crippen molar-refractivity contribution in [2.45, 2.75) is 70.0 Å². The summed E-state index contributed by atoms with van der Waals surface area (Å²) in [6, 6.07) is 6.64. The van der Waals surface area contributed by atoms with Crippen LogP contribution in [-0.2, 0) is 5.41 Å². The quantitative estimate of drug-likeness (QED) is 0.910. The van der Waals surface area contributed by atoms with Crippen LogP contribution in [0.15, 0.2) is 12.1 Å². The zero-order valence-electron chi connectivity index (χ0n) is 16.2. The highest BCUT2D eigenvalue weighted by Crippen LogP contribution is 2.34. The lowest BCUT2D eigenvalue weighted by Crippen LogP contribution is -2.54. The Hall–Kier alpha value is -1.20. The molecule has 2 bridgehead atoms. The molecule has 5 heteroatoms. The molecule has 1 aromatic rings. The molecule has 0 radical (unpaired) electrons. The lowest BCUT2D eigenvalue weighted by molar-refractivity contribution is 0.145. The predicted molar refractivity (Wildman–Crippen MR) is 102 cm³/mol. The van der Waals surface area contributed by atoms with Crippen molar-refractivity contribution >= 4 is 5.82 Å². The van der Waals surface area contributed by atoms with Gasteiger partial charge in [-0.15, -0.1) is 5.10 Å². The molecule has 4 heterocycles. The maximum atomic E-state index is 4.44. The van der Waals surface area contributed by atoms with Crippen LogP contribution >= 0.6 is 0 Å². The van der Waals surface area contributed by atoms with Crippen molar-refractivity contribution in [2.75, 3.05) is 31.6 Å². The average molecular weight is 344 g/mol. The number of nitrogens with one attached hydrogen (secondary N) is 1. The van der Waals surface area contributed by atoms with Crippen LogP contribution in [0.2, 0.25) is 0 Å². The van der Waals surface area contributed by atoms with Crippen molar-refractivity contribution in [1.82, 2.24) is 20.4 Å².